The molecule has 2 N–H and O–H groups in total. The van der Waals surface area contributed by atoms with Gasteiger partial charge in [0.05, 0.1) is 24.9 Å². The van der Waals surface area contributed by atoms with Crippen molar-refractivity contribution in [1.82, 2.24) is 10.3 Å². The minimum Gasteiger partial charge on any atom is -0.465 e. The van der Waals surface area contributed by atoms with Crippen LogP contribution < -0.4 is 5.32 Å². The standard InChI is InChI=1S/C19H23BrN2O3/c1-5-15(13-6-8-14(20)9-7-13)21-10-16(23)18-11(2)17(12(3)22-18)19(24)25-4/h6-9,15,21-22H,5,10H2,1-4H3/t15-/m0/s1. The number of ketones is 1. The van der Waals surface area contributed by atoms with Crippen molar-refractivity contribution in [2.75, 3.05) is 13.7 Å². The van der Waals surface area contributed by atoms with Gasteiger partial charge in [-0.1, -0.05) is 35.0 Å². The minimum absolute atomic E-state index is 0.0775. The highest BCUT2D eigenvalue weighted by atomic mass is 79.9. The SMILES string of the molecule is CC[C@H](NCC(=O)c1[nH]c(C)c(C(=O)OC)c1C)c1ccc(Br)cc1. The third-order valence-corrected chi connectivity index (χ3v) is 4.82. The fourth-order valence-corrected chi connectivity index (χ4v) is 3.20. The zero-order valence-corrected chi connectivity index (χ0v) is 16.5. The average Bonchev–Trinajstić information content (AvgIpc) is 2.90. The Labute approximate surface area is 156 Å². The minimum atomic E-state index is -0.431. The van der Waals surface area contributed by atoms with Crippen molar-refractivity contribution in [2.24, 2.45) is 0 Å². The van der Waals surface area contributed by atoms with Gasteiger partial charge in [-0.15, -0.1) is 0 Å². The first kappa shape index (κ1) is 19.4. The van der Waals surface area contributed by atoms with Crippen LogP contribution in [0.25, 0.3) is 0 Å². The lowest BCUT2D eigenvalue weighted by Crippen LogP contribution is -2.28. The van der Waals surface area contributed by atoms with Gasteiger partial charge >= 0.3 is 5.97 Å². The molecule has 134 valence electrons. The lowest BCUT2D eigenvalue weighted by molar-refractivity contribution is 0.0599. The van der Waals surface area contributed by atoms with Crippen molar-refractivity contribution >= 4 is 27.7 Å². The molecule has 2 rings (SSSR count). The lowest BCUT2D eigenvalue weighted by Gasteiger charge is -2.17. The van der Waals surface area contributed by atoms with Gasteiger partial charge in [-0.05, 0) is 43.5 Å². The number of carbonyl (C=O) groups is 2. The molecule has 0 saturated heterocycles. The predicted octanol–water partition coefficient (Wildman–Crippen LogP) is 4.10. The number of aromatic amines is 1. The zero-order chi connectivity index (χ0) is 18.6. The molecule has 1 heterocycles. The number of nitrogens with one attached hydrogen (secondary N) is 2. The van der Waals surface area contributed by atoms with E-state index in [4.69, 9.17) is 4.74 Å². The van der Waals surface area contributed by atoms with Gasteiger partial charge in [0.1, 0.15) is 0 Å². The summed E-state index contributed by atoms with van der Waals surface area (Å²) in [5.41, 5.74) is 3.30. The quantitative estimate of drug-likeness (QED) is 0.536. The highest BCUT2D eigenvalue weighted by Gasteiger charge is 2.22. The summed E-state index contributed by atoms with van der Waals surface area (Å²) in [6.07, 6.45) is 0.866. The summed E-state index contributed by atoms with van der Waals surface area (Å²) in [6.45, 7) is 5.79. The number of hydrogen-bond acceptors (Lipinski definition) is 4. The van der Waals surface area contributed by atoms with E-state index in [1.807, 2.05) is 24.3 Å². The van der Waals surface area contributed by atoms with Crippen LogP contribution in [0, 0.1) is 13.8 Å². The number of hydrogen-bond donors (Lipinski definition) is 2. The first-order valence-electron chi connectivity index (χ1n) is 8.18. The molecular formula is C19H23BrN2O3. The molecule has 1 atom stereocenters. The number of halogens is 1. The molecule has 0 radical (unpaired) electrons. The van der Waals surface area contributed by atoms with Crippen LogP contribution in [-0.2, 0) is 4.74 Å². The maximum absolute atomic E-state index is 12.6. The Kier molecular flexibility index (Phi) is 6.56. The molecule has 0 saturated carbocycles. The van der Waals surface area contributed by atoms with E-state index in [0.29, 0.717) is 22.5 Å². The van der Waals surface area contributed by atoms with Gasteiger partial charge in [0.25, 0.3) is 0 Å². The van der Waals surface area contributed by atoms with Gasteiger partial charge < -0.3 is 15.0 Å². The average molecular weight is 407 g/mol. The van der Waals surface area contributed by atoms with Crippen LogP contribution in [0.4, 0.5) is 0 Å². The van der Waals surface area contributed by atoms with Crippen LogP contribution in [0.3, 0.4) is 0 Å². The number of aryl methyl sites for hydroxylation is 1. The Morgan fingerprint density at radius 2 is 1.88 bits per heavy atom. The van der Waals surface area contributed by atoms with E-state index in [1.165, 1.54) is 7.11 Å². The molecule has 1 aromatic carbocycles. The predicted molar refractivity (Wildman–Crippen MR) is 101 cm³/mol. The van der Waals surface area contributed by atoms with Crippen LogP contribution in [-0.4, -0.2) is 30.4 Å². The number of rotatable bonds is 7. The van der Waals surface area contributed by atoms with E-state index < -0.39 is 5.97 Å². The molecule has 0 fully saturated rings. The number of aromatic nitrogens is 1. The Bertz CT molecular complexity index is 766. The summed E-state index contributed by atoms with van der Waals surface area (Å²) in [5.74, 6) is -0.508. The monoisotopic (exact) mass is 406 g/mol. The Morgan fingerprint density at radius 1 is 1.24 bits per heavy atom. The highest BCUT2D eigenvalue weighted by molar-refractivity contribution is 9.10. The molecule has 0 spiro atoms. The molecule has 1 aromatic heterocycles. The van der Waals surface area contributed by atoms with Crippen molar-refractivity contribution in [3.63, 3.8) is 0 Å². The third kappa shape index (κ3) is 4.38. The molecule has 5 nitrogen and oxygen atoms in total. The number of Topliss-reactive ketones (excluding diaryl/α,β-unsaturated/α-hetero) is 1. The van der Waals surface area contributed by atoms with Gasteiger partial charge in [-0.25, -0.2) is 4.79 Å². The van der Waals surface area contributed by atoms with E-state index >= 15 is 0 Å². The molecule has 25 heavy (non-hydrogen) atoms. The molecular weight excluding hydrogens is 384 g/mol. The molecule has 0 bridgehead atoms. The van der Waals surface area contributed by atoms with Gasteiger partial charge in [0.15, 0.2) is 5.78 Å². The third-order valence-electron chi connectivity index (χ3n) is 4.30. The van der Waals surface area contributed by atoms with Gasteiger partial charge in [0.2, 0.25) is 0 Å². The second-order valence-corrected chi connectivity index (χ2v) is 6.85. The van der Waals surface area contributed by atoms with E-state index in [0.717, 1.165) is 16.5 Å². The second kappa shape index (κ2) is 8.45. The van der Waals surface area contributed by atoms with Crippen LogP contribution in [0.15, 0.2) is 28.7 Å². The fourth-order valence-electron chi connectivity index (χ4n) is 2.93. The second-order valence-electron chi connectivity index (χ2n) is 5.93. The summed E-state index contributed by atoms with van der Waals surface area (Å²) >= 11 is 3.43. The zero-order valence-electron chi connectivity index (χ0n) is 14.9. The molecule has 6 heteroatoms. The topological polar surface area (TPSA) is 71.2 Å². The van der Waals surface area contributed by atoms with Gasteiger partial charge in [-0.3, -0.25) is 4.79 Å². The largest absolute Gasteiger partial charge is 0.465 e. The lowest BCUT2D eigenvalue weighted by atomic mass is 10.0. The van der Waals surface area contributed by atoms with E-state index in [1.54, 1.807) is 13.8 Å². The maximum atomic E-state index is 12.6. The summed E-state index contributed by atoms with van der Waals surface area (Å²) in [5, 5.41) is 3.30. The Balaban J connectivity index is 2.11. The first-order chi connectivity index (χ1) is 11.9. The summed E-state index contributed by atoms with van der Waals surface area (Å²) in [7, 11) is 1.33. The highest BCUT2D eigenvalue weighted by Crippen LogP contribution is 2.21. The van der Waals surface area contributed by atoms with Crippen molar-refractivity contribution in [2.45, 2.75) is 33.2 Å². The summed E-state index contributed by atoms with van der Waals surface area (Å²) in [6, 6.07) is 8.14. The number of methoxy groups -OCH3 is 1. The van der Waals surface area contributed by atoms with E-state index in [9.17, 15) is 9.59 Å². The first-order valence-corrected chi connectivity index (χ1v) is 8.97. The van der Waals surface area contributed by atoms with Crippen LogP contribution in [0.1, 0.15) is 57.1 Å². The number of benzene rings is 1. The maximum Gasteiger partial charge on any atom is 0.339 e. The number of ether oxygens (including phenoxy) is 1. The van der Waals surface area contributed by atoms with Crippen molar-refractivity contribution < 1.29 is 14.3 Å². The van der Waals surface area contributed by atoms with Gasteiger partial charge in [-0.2, -0.15) is 0 Å². The molecule has 2 aromatic rings. The van der Waals surface area contributed by atoms with Crippen LogP contribution in [0.2, 0.25) is 0 Å². The Hall–Kier alpha value is -1.92. The van der Waals surface area contributed by atoms with Crippen molar-refractivity contribution in [3.8, 4) is 0 Å². The number of H-pyrrole nitrogens is 1. The molecule has 0 aliphatic carbocycles. The number of carbonyl (C=O) groups excluding carboxylic acids is 2. The normalized spacial score (nSPS) is 12.0. The Morgan fingerprint density at radius 3 is 2.44 bits per heavy atom. The van der Waals surface area contributed by atoms with E-state index in [2.05, 4.69) is 33.2 Å². The van der Waals surface area contributed by atoms with Crippen LogP contribution >= 0.6 is 15.9 Å². The van der Waals surface area contributed by atoms with Crippen molar-refractivity contribution in [3.05, 3.63) is 56.8 Å². The summed E-state index contributed by atoms with van der Waals surface area (Å²) < 4.78 is 5.81. The van der Waals surface area contributed by atoms with Crippen molar-refractivity contribution in [1.29, 1.82) is 0 Å². The van der Waals surface area contributed by atoms with Crippen LogP contribution in [0.5, 0.6) is 0 Å². The molecule has 0 amide bonds. The molecule has 0 aliphatic heterocycles. The fraction of sp³-hybridized carbons (Fsp3) is 0.368. The molecule has 0 unspecified atom stereocenters. The number of esters is 1. The molecule has 0 aliphatic rings. The smallest absolute Gasteiger partial charge is 0.339 e. The van der Waals surface area contributed by atoms with E-state index in [-0.39, 0.29) is 18.4 Å². The van der Waals surface area contributed by atoms with Gasteiger partial charge in [0, 0.05) is 16.2 Å². The summed E-state index contributed by atoms with van der Waals surface area (Å²) in [4.78, 5) is 27.5.